The number of phenolic OH excluding ortho intramolecular Hbond substituents is 2. The van der Waals surface area contributed by atoms with E-state index < -0.39 is 20.8 Å². The normalized spacial score (nSPS) is 29.4. The van der Waals surface area contributed by atoms with Gasteiger partial charge in [0.15, 0.2) is 0 Å². The van der Waals surface area contributed by atoms with Crippen molar-refractivity contribution in [2.75, 3.05) is 0 Å². The van der Waals surface area contributed by atoms with E-state index in [4.69, 9.17) is 27.0 Å². The summed E-state index contributed by atoms with van der Waals surface area (Å²) in [5.74, 6) is 22.9. The fourth-order valence-electron chi connectivity index (χ4n) is 18.9. The Morgan fingerprint density at radius 3 is 1.00 bits per heavy atom. The van der Waals surface area contributed by atoms with Gasteiger partial charge >= 0.3 is 37.9 Å². The minimum absolute atomic E-state index is 0.171. The monoisotopic (exact) mass is 1310 g/mol. The van der Waals surface area contributed by atoms with Crippen LogP contribution >= 0.6 is 17.0 Å². The van der Waals surface area contributed by atoms with Crippen LogP contribution in [0.25, 0.3) is 0 Å². The van der Waals surface area contributed by atoms with Crippen LogP contribution in [0.3, 0.4) is 0 Å². The number of nitrogens with zero attached hydrogens (tertiary/aromatic N) is 2. The van der Waals surface area contributed by atoms with Crippen LogP contribution < -0.4 is 0 Å². The van der Waals surface area contributed by atoms with Gasteiger partial charge in [-0.05, 0) is 181 Å². The Balaban J connectivity index is 0.000000188. The number of hydrogen-bond acceptors (Lipinski definition) is 4. The first-order chi connectivity index (χ1) is 42.9. The summed E-state index contributed by atoms with van der Waals surface area (Å²) >= 11 is -0.826. The molecule has 0 heterocycles. The average molecular weight is 1310 g/mol. The van der Waals surface area contributed by atoms with E-state index in [0.29, 0.717) is 82.8 Å². The van der Waals surface area contributed by atoms with Crippen molar-refractivity contribution in [1.29, 1.82) is 0 Å². The van der Waals surface area contributed by atoms with Crippen molar-refractivity contribution < 1.29 is 31.1 Å². The molecule has 12 rings (SSSR count). The van der Waals surface area contributed by atoms with Gasteiger partial charge in [0.05, 0.1) is 0 Å². The fourth-order valence-corrected chi connectivity index (χ4v) is 18.9. The molecule has 10 aliphatic rings. The summed E-state index contributed by atoms with van der Waals surface area (Å²) in [5, 5.41) is 22.5. The molecule has 474 valence electrons. The first kappa shape index (κ1) is 67.8. The van der Waals surface area contributed by atoms with Crippen LogP contribution in [0.1, 0.15) is 230 Å². The van der Waals surface area contributed by atoms with Crippen molar-refractivity contribution in [1.82, 2.24) is 0 Å². The molecule has 6 saturated carbocycles. The summed E-state index contributed by atoms with van der Waals surface area (Å²) < 4.78 is 0. The SMILES string of the molecule is CC(C)(C)c1cc(C#CCC[C@](C)(C2CCCC2)C2[C@@H]3C=CC=CC3[C@@H]3C=CC=C[C@@H]23)cc(C=NC2CCCCC2)c1O.CC(C)(C)c1cc(C#CCC[C@](C)(C2CCCC2)C2[C@@H]3C=CC=CC3[C@@H]3C=CC=C[C@@H]23)cc(C=NC2CCCCC2)c1O.[Cl][Zr][Cl]. The number of fused-ring (bicyclic) bond motifs is 6. The van der Waals surface area contributed by atoms with Crippen molar-refractivity contribution >= 4 is 29.5 Å². The molecule has 7 heteroatoms. The molecule has 2 N–H and O–H groups in total. The van der Waals surface area contributed by atoms with Crippen molar-refractivity contribution in [3.63, 3.8) is 0 Å². The molecule has 6 fully saturated rings. The van der Waals surface area contributed by atoms with E-state index in [2.05, 4.69) is 201 Å². The number of benzene rings is 2. The fraction of sp³-hybridized carbons (Fsp3) is 0.585. The molecular weight excluding hydrogens is 1210 g/mol. The number of rotatable bonds is 12. The molecule has 0 spiro atoms. The molecule has 4 unspecified atom stereocenters. The quantitative estimate of drug-likeness (QED) is 0.164. The molecule has 12 atom stereocenters. The van der Waals surface area contributed by atoms with Gasteiger partial charge < -0.3 is 10.2 Å². The van der Waals surface area contributed by atoms with Crippen molar-refractivity contribution in [3.8, 4) is 35.2 Å². The van der Waals surface area contributed by atoms with Gasteiger partial charge in [0.25, 0.3) is 0 Å². The molecule has 0 aromatic heterocycles. The Kier molecular flexibility index (Phi) is 23.4. The second-order valence-corrected chi connectivity index (χ2v) is 34.7. The Hall–Kier alpha value is -4.12. The van der Waals surface area contributed by atoms with E-state index in [1.807, 2.05) is 12.4 Å². The van der Waals surface area contributed by atoms with Crippen molar-refractivity contribution in [2.24, 2.45) is 91.8 Å². The van der Waals surface area contributed by atoms with Gasteiger partial charge in [0.2, 0.25) is 0 Å². The molecule has 0 bridgehead atoms. The van der Waals surface area contributed by atoms with Crippen LogP contribution in [-0.2, 0) is 31.7 Å². The zero-order valence-electron chi connectivity index (χ0n) is 55.4. The summed E-state index contributed by atoms with van der Waals surface area (Å²) in [6.45, 7) is 18.3. The number of aliphatic imine (C=N–C) groups is 2. The van der Waals surface area contributed by atoms with Crippen LogP contribution in [0.4, 0.5) is 0 Å². The zero-order valence-corrected chi connectivity index (χ0v) is 59.4. The maximum absolute atomic E-state index is 11.2. The topological polar surface area (TPSA) is 65.2 Å². The average Bonchev–Trinajstić information content (AvgIpc) is 1.61. The van der Waals surface area contributed by atoms with Gasteiger partial charge in [0, 0.05) is 70.7 Å². The standard InChI is InChI=1S/2C41H53NO.2ClH.Zr/c2*1-40(2,3)37-27-29(26-30(39(37)43)28-42-32-19-6-5-7-20-32)16-14-15-25-41(4,31-17-8-9-18-31)38-35-23-12-10-21-33(35)34-22-11-13-24-36(34)38;;;/h2*10-13,21-24,26-28,31-36,38,43H,5-9,15,17-20,25H2,1-4H3;2*1H;/q;;;;+2/p-2/t2*33-,34?,35+,36+,38?,41+;;;/m00.../s1. The van der Waals surface area contributed by atoms with E-state index in [1.54, 1.807) is 0 Å². The van der Waals surface area contributed by atoms with Gasteiger partial charge in [-0.15, -0.1) is 0 Å². The molecule has 0 radical (unpaired) electrons. The van der Waals surface area contributed by atoms with Crippen LogP contribution in [-0.4, -0.2) is 34.7 Å². The van der Waals surface area contributed by atoms with Crippen molar-refractivity contribution in [3.05, 3.63) is 155 Å². The Morgan fingerprint density at radius 2 is 0.708 bits per heavy atom. The number of halogens is 2. The molecule has 0 aliphatic heterocycles. The summed E-state index contributed by atoms with van der Waals surface area (Å²) in [6, 6.07) is 9.11. The predicted molar refractivity (Wildman–Crippen MR) is 375 cm³/mol. The number of phenols is 2. The predicted octanol–water partition coefficient (Wildman–Crippen LogP) is 21.6. The summed E-state index contributed by atoms with van der Waals surface area (Å²) in [4.78, 5) is 9.82. The van der Waals surface area contributed by atoms with Crippen LogP contribution in [0.15, 0.2) is 131 Å². The van der Waals surface area contributed by atoms with Gasteiger partial charge in [0.1, 0.15) is 11.5 Å². The van der Waals surface area contributed by atoms with Crippen LogP contribution in [0.5, 0.6) is 11.5 Å². The third-order valence-electron chi connectivity index (χ3n) is 23.5. The molecule has 4 nitrogen and oxygen atoms in total. The third-order valence-corrected chi connectivity index (χ3v) is 23.5. The maximum atomic E-state index is 11.2. The summed E-state index contributed by atoms with van der Waals surface area (Å²) in [5.41, 5.74) is 5.73. The van der Waals surface area contributed by atoms with Crippen molar-refractivity contribution in [2.45, 2.75) is 220 Å². The molecule has 2 aromatic rings. The first-order valence-electron chi connectivity index (χ1n) is 35.1. The second kappa shape index (κ2) is 30.8. The van der Waals surface area contributed by atoms with Crippen LogP contribution in [0, 0.1) is 106 Å². The van der Waals surface area contributed by atoms with E-state index >= 15 is 0 Å². The first-order valence-corrected chi connectivity index (χ1v) is 41.4. The summed E-state index contributed by atoms with van der Waals surface area (Å²) in [6.07, 6.45) is 69.7. The third kappa shape index (κ3) is 15.9. The Labute approximate surface area is 557 Å². The van der Waals surface area contributed by atoms with E-state index in [0.717, 1.165) is 96.6 Å². The van der Waals surface area contributed by atoms with Gasteiger partial charge in [-0.2, -0.15) is 0 Å². The second-order valence-electron chi connectivity index (χ2n) is 31.0. The Morgan fingerprint density at radius 1 is 0.427 bits per heavy atom. The zero-order chi connectivity index (χ0) is 62.8. The number of aromatic hydroxyl groups is 2. The number of allylic oxidation sites excluding steroid dienone is 16. The van der Waals surface area contributed by atoms with Gasteiger partial charge in [-0.3, -0.25) is 9.98 Å². The molecular formula is C82H106Cl2N2O2Zr. The molecule has 0 amide bonds. The van der Waals surface area contributed by atoms with E-state index in [9.17, 15) is 10.2 Å². The van der Waals surface area contributed by atoms with Gasteiger partial charge in [-0.25, -0.2) is 0 Å². The van der Waals surface area contributed by atoms with Gasteiger partial charge in [-0.1, -0.05) is 240 Å². The number of hydrogen-bond donors (Lipinski definition) is 2. The summed E-state index contributed by atoms with van der Waals surface area (Å²) in [7, 11) is 9.87. The van der Waals surface area contributed by atoms with Crippen LogP contribution in [0.2, 0.25) is 0 Å². The molecule has 0 saturated heterocycles. The molecule has 89 heavy (non-hydrogen) atoms. The molecule has 10 aliphatic carbocycles. The Bertz CT molecular complexity index is 2900. The van der Waals surface area contributed by atoms with E-state index in [1.165, 1.54) is 89.9 Å². The molecule has 2 aromatic carbocycles. The minimum atomic E-state index is -0.826. The van der Waals surface area contributed by atoms with E-state index in [-0.39, 0.29) is 21.7 Å².